The maximum Gasteiger partial charge on any atom is 0.233 e. The Kier molecular flexibility index (Phi) is 5.08. The summed E-state index contributed by atoms with van der Waals surface area (Å²) in [4.78, 5) is 4.41. The highest BCUT2D eigenvalue weighted by Crippen LogP contribution is 2.24. The lowest BCUT2D eigenvalue weighted by Gasteiger charge is -2.16. The topological polar surface area (TPSA) is 74.2 Å². The molecule has 0 aliphatic rings. The Bertz CT molecular complexity index is 330. The predicted molar refractivity (Wildman–Crippen MR) is 65.7 cm³/mol. The molecule has 0 fully saturated rings. The number of hydrogen-bond donors (Lipinski definition) is 1. The summed E-state index contributed by atoms with van der Waals surface area (Å²) < 4.78 is 10.9. The summed E-state index contributed by atoms with van der Waals surface area (Å²) in [6.45, 7) is 9.17. The zero-order valence-corrected chi connectivity index (χ0v) is 11.2. The summed E-state index contributed by atoms with van der Waals surface area (Å²) in [7, 11) is 0. The third kappa shape index (κ3) is 3.51. The van der Waals surface area contributed by atoms with Crippen LogP contribution in [0.2, 0.25) is 0 Å². The number of rotatable bonds is 7. The van der Waals surface area contributed by atoms with E-state index in [9.17, 15) is 0 Å². The molecule has 17 heavy (non-hydrogen) atoms. The maximum absolute atomic E-state index is 5.68. The molecule has 2 N–H and O–H groups in total. The minimum Gasteiger partial charge on any atom is -0.370 e. The Morgan fingerprint density at radius 2 is 2.12 bits per heavy atom. The van der Waals surface area contributed by atoms with Gasteiger partial charge in [0.05, 0.1) is 5.41 Å². The van der Waals surface area contributed by atoms with E-state index >= 15 is 0 Å². The average Bonchev–Trinajstić information content (AvgIpc) is 2.78. The van der Waals surface area contributed by atoms with Crippen molar-refractivity contribution in [1.29, 1.82) is 0 Å². The first-order chi connectivity index (χ1) is 8.05. The summed E-state index contributed by atoms with van der Waals surface area (Å²) in [5.41, 5.74) is 5.40. The Labute approximate surface area is 103 Å². The second-order valence-corrected chi connectivity index (χ2v) is 4.78. The zero-order chi connectivity index (χ0) is 12.9. The molecule has 5 heteroatoms. The van der Waals surface area contributed by atoms with Crippen molar-refractivity contribution in [3.05, 3.63) is 11.7 Å². The molecule has 1 aromatic heterocycles. The van der Waals surface area contributed by atoms with Crippen LogP contribution >= 0.6 is 0 Å². The highest BCUT2D eigenvalue weighted by atomic mass is 16.5. The van der Waals surface area contributed by atoms with E-state index in [1.54, 1.807) is 0 Å². The van der Waals surface area contributed by atoms with Crippen LogP contribution in [0.15, 0.2) is 4.52 Å². The van der Waals surface area contributed by atoms with Crippen LogP contribution in [-0.4, -0.2) is 23.3 Å². The maximum atomic E-state index is 5.68. The van der Waals surface area contributed by atoms with Gasteiger partial charge in [0.2, 0.25) is 11.7 Å². The van der Waals surface area contributed by atoms with Crippen LogP contribution in [0, 0.1) is 0 Å². The van der Waals surface area contributed by atoms with Crippen molar-refractivity contribution in [2.24, 2.45) is 5.73 Å². The van der Waals surface area contributed by atoms with Crippen molar-refractivity contribution in [2.45, 2.75) is 52.1 Å². The number of nitrogens with zero attached hydrogens (tertiary/aromatic N) is 2. The molecule has 0 amide bonds. The summed E-state index contributed by atoms with van der Waals surface area (Å²) in [5.74, 6) is 1.21. The third-order valence-electron chi connectivity index (χ3n) is 2.74. The zero-order valence-electron chi connectivity index (χ0n) is 11.2. The summed E-state index contributed by atoms with van der Waals surface area (Å²) in [5, 5.41) is 4.00. The molecule has 0 spiro atoms. The van der Waals surface area contributed by atoms with Gasteiger partial charge in [0.25, 0.3) is 0 Å². The SMILES string of the molecule is CCCC(OCC)c1noc(C(C)(C)CN)n1. The van der Waals surface area contributed by atoms with Gasteiger partial charge >= 0.3 is 0 Å². The van der Waals surface area contributed by atoms with E-state index in [1.165, 1.54) is 0 Å². The van der Waals surface area contributed by atoms with Gasteiger partial charge in [-0.05, 0) is 27.2 Å². The standard InChI is InChI=1S/C12H23N3O2/c1-5-7-9(16-6-2)10-14-11(17-15-10)12(3,4)8-13/h9H,5-8,13H2,1-4H3. The molecule has 0 saturated carbocycles. The van der Waals surface area contributed by atoms with E-state index in [1.807, 2.05) is 20.8 Å². The fourth-order valence-electron chi connectivity index (χ4n) is 1.48. The lowest BCUT2D eigenvalue weighted by Crippen LogP contribution is -2.28. The summed E-state index contributed by atoms with van der Waals surface area (Å²) in [6, 6.07) is 0. The molecule has 1 unspecified atom stereocenters. The molecular formula is C12H23N3O2. The molecule has 0 aromatic carbocycles. The number of ether oxygens (including phenoxy) is 1. The van der Waals surface area contributed by atoms with Crippen LogP contribution in [0.3, 0.4) is 0 Å². The molecule has 5 nitrogen and oxygen atoms in total. The minimum absolute atomic E-state index is 0.0731. The van der Waals surface area contributed by atoms with E-state index in [0.29, 0.717) is 24.9 Å². The van der Waals surface area contributed by atoms with Gasteiger partial charge in [-0.25, -0.2) is 0 Å². The Morgan fingerprint density at radius 1 is 1.41 bits per heavy atom. The van der Waals surface area contributed by atoms with Gasteiger partial charge in [0.1, 0.15) is 6.10 Å². The Hall–Kier alpha value is -0.940. The fraction of sp³-hybridized carbons (Fsp3) is 0.833. The smallest absolute Gasteiger partial charge is 0.233 e. The number of hydrogen-bond acceptors (Lipinski definition) is 5. The van der Waals surface area contributed by atoms with Crippen LogP contribution in [-0.2, 0) is 10.2 Å². The molecule has 1 heterocycles. The summed E-state index contributed by atoms with van der Waals surface area (Å²) in [6.07, 6.45) is 1.85. The van der Waals surface area contributed by atoms with Crippen molar-refractivity contribution >= 4 is 0 Å². The van der Waals surface area contributed by atoms with Crippen LogP contribution in [0.25, 0.3) is 0 Å². The second-order valence-electron chi connectivity index (χ2n) is 4.78. The van der Waals surface area contributed by atoms with E-state index in [4.69, 9.17) is 15.0 Å². The number of nitrogens with two attached hydrogens (primary N) is 1. The first kappa shape index (κ1) is 14.1. The van der Waals surface area contributed by atoms with Gasteiger partial charge in [-0.2, -0.15) is 4.98 Å². The monoisotopic (exact) mass is 241 g/mol. The number of aromatic nitrogens is 2. The van der Waals surface area contributed by atoms with Crippen molar-refractivity contribution in [2.75, 3.05) is 13.2 Å². The quantitative estimate of drug-likeness (QED) is 0.792. The summed E-state index contributed by atoms with van der Waals surface area (Å²) >= 11 is 0. The van der Waals surface area contributed by atoms with Crippen LogP contribution in [0.1, 0.15) is 58.4 Å². The minimum atomic E-state index is -0.284. The second kappa shape index (κ2) is 6.12. The van der Waals surface area contributed by atoms with Gasteiger partial charge in [0, 0.05) is 13.2 Å². The predicted octanol–water partition coefficient (Wildman–Crippen LogP) is 2.18. The molecule has 0 bridgehead atoms. The van der Waals surface area contributed by atoms with Crippen molar-refractivity contribution < 1.29 is 9.26 Å². The Balaban J connectivity index is 2.84. The van der Waals surface area contributed by atoms with E-state index < -0.39 is 0 Å². The highest BCUT2D eigenvalue weighted by Gasteiger charge is 2.28. The van der Waals surface area contributed by atoms with Crippen molar-refractivity contribution in [3.63, 3.8) is 0 Å². The largest absolute Gasteiger partial charge is 0.370 e. The van der Waals surface area contributed by atoms with Gasteiger partial charge in [-0.3, -0.25) is 0 Å². The van der Waals surface area contributed by atoms with E-state index in [2.05, 4.69) is 17.1 Å². The average molecular weight is 241 g/mol. The van der Waals surface area contributed by atoms with Crippen molar-refractivity contribution in [1.82, 2.24) is 10.1 Å². The molecule has 0 aliphatic carbocycles. The van der Waals surface area contributed by atoms with Crippen molar-refractivity contribution in [3.8, 4) is 0 Å². The first-order valence-corrected chi connectivity index (χ1v) is 6.20. The Morgan fingerprint density at radius 3 is 2.65 bits per heavy atom. The normalized spacial score (nSPS) is 13.9. The molecule has 0 saturated heterocycles. The van der Waals surface area contributed by atoms with E-state index in [0.717, 1.165) is 12.8 Å². The van der Waals surface area contributed by atoms with Gasteiger partial charge < -0.3 is 15.0 Å². The highest BCUT2D eigenvalue weighted by molar-refractivity contribution is 5.03. The van der Waals surface area contributed by atoms with E-state index in [-0.39, 0.29) is 11.5 Å². The van der Waals surface area contributed by atoms with Gasteiger partial charge in [-0.1, -0.05) is 18.5 Å². The molecule has 0 aliphatic heterocycles. The first-order valence-electron chi connectivity index (χ1n) is 6.20. The van der Waals surface area contributed by atoms with Gasteiger partial charge in [0.15, 0.2) is 0 Å². The molecule has 1 aromatic rings. The molecular weight excluding hydrogens is 218 g/mol. The molecule has 98 valence electrons. The van der Waals surface area contributed by atoms with Gasteiger partial charge in [-0.15, -0.1) is 0 Å². The van der Waals surface area contributed by atoms with Crippen LogP contribution in [0.5, 0.6) is 0 Å². The third-order valence-corrected chi connectivity index (χ3v) is 2.74. The lowest BCUT2D eigenvalue weighted by atomic mass is 9.94. The van der Waals surface area contributed by atoms with Crippen LogP contribution < -0.4 is 5.73 Å². The van der Waals surface area contributed by atoms with Crippen LogP contribution in [0.4, 0.5) is 0 Å². The molecule has 0 radical (unpaired) electrons. The fourth-order valence-corrected chi connectivity index (χ4v) is 1.48. The molecule has 1 rings (SSSR count). The molecule has 1 atom stereocenters. The lowest BCUT2D eigenvalue weighted by molar-refractivity contribution is 0.0477.